The Balaban J connectivity index is 0.000000280. The fourth-order valence-electron chi connectivity index (χ4n) is 1.27. The fourth-order valence-corrected chi connectivity index (χ4v) is 1.67. The minimum atomic E-state index is -0.0174. The Morgan fingerprint density at radius 3 is 2.78 bits per heavy atom. The van der Waals surface area contributed by atoms with Gasteiger partial charge in [0.1, 0.15) is 12.4 Å². The monoisotopic (exact) mass is 307 g/mol. The van der Waals surface area contributed by atoms with Crippen LogP contribution >= 0.6 is 15.9 Å². The lowest BCUT2D eigenvalue weighted by atomic mass is 10.1. The van der Waals surface area contributed by atoms with Crippen LogP contribution in [0.3, 0.4) is 0 Å². The molecule has 0 spiro atoms. The van der Waals surface area contributed by atoms with Crippen LogP contribution in [0.25, 0.3) is 5.76 Å². The van der Waals surface area contributed by atoms with Crippen molar-refractivity contribution in [3.63, 3.8) is 0 Å². The van der Waals surface area contributed by atoms with E-state index in [-0.39, 0.29) is 13.0 Å². The SMILES string of the molecule is Brc1cccc(C2=CC=CCO2)c1.N#CCCO. The Morgan fingerprint density at radius 1 is 1.44 bits per heavy atom. The van der Waals surface area contributed by atoms with Crippen molar-refractivity contribution in [2.75, 3.05) is 13.2 Å². The van der Waals surface area contributed by atoms with Crippen LogP contribution < -0.4 is 0 Å². The molecule has 94 valence electrons. The smallest absolute Gasteiger partial charge is 0.127 e. The van der Waals surface area contributed by atoms with Crippen LogP contribution in [0.4, 0.5) is 0 Å². The number of allylic oxidation sites excluding steroid dienone is 2. The molecule has 2 rings (SSSR count). The molecular formula is C14H14BrNO2. The van der Waals surface area contributed by atoms with Crippen LogP contribution in [-0.2, 0) is 4.74 Å². The molecule has 1 heterocycles. The zero-order chi connectivity index (χ0) is 13.2. The van der Waals surface area contributed by atoms with Gasteiger partial charge in [-0.25, -0.2) is 0 Å². The van der Waals surface area contributed by atoms with E-state index in [1.54, 1.807) is 6.07 Å². The lowest BCUT2D eigenvalue weighted by Crippen LogP contribution is -1.95. The van der Waals surface area contributed by atoms with Crippen LogP contribution in [0.2, 0.25) is 0 Å². The van der Waals surface area contributed by atoms with Gasteiger partial charge in [-0.1, -0.05) is 34.1 Å². The predicted molar refractivity (Wildman–Crippen MR) is 74.5 cm³/mol. The van der Waals surface area contributed by atoms with Gasteiger partial charge in [0, 0.05) is 10.0 Å². The van der Waals surface area contributed by atoms with E-state index in [2.05, 4.69) is 15.9 Å². The zero-order valence-corrected chi connectivity index (χ0v) is 11.4. The Bertz CT molecular complexity index is 475. The summed E-state index contributed by atoms with van der Waals surface area (Å²) >= 11 is 3.43. The molecule has 0 saturated heterocycles. The third-order valence-electron chi connectivity index (χ3n) is 2.05. The number of nitrogens with zero attached hydrogens (tertiary/aromatic N) is 1. The number of aliphatic hydroxyl groups excluding tert-OH is 1. The quantitative estimate of drug-likeness (QED) is 0.912. The molecule has 0 atom stereocenters. The minimum absolute atomic E-state index is 0.0174. The summed E-state index contributed by atoms with van der Waals surface area (Å²) in [7, 11) is 0. The van der Waals surface area contributed by atoms with Gasteiger partial charge in [0.05, 0.1) is 19.1 Å². The number of halogens is 1. The lowest BCUT2D eigenvalue weighted by Gasteiger charge is -2.11. The Morgan fingerprint density at radius 2 is 2.28 bits per heavy atom. The second kappa shape index (κ2) is 8.51. The highest BCUT2D eigenvalue weighted by molar-refractivity contribution is 9.10. The molecule has 0 radical (unpaired) electrons. The summed E-state index contributed by atoms with van der Waals surface area (Å²) in [6, 6.07) is 9.86. The zero-order valence-electron chi connectivity index (χ0n) is 9.84. The van der Waals surface area contributed by atoms with E-state index in [0.717, 1.165) is 15.8 Å². The summed E-state index contributed by atoms with van der Waals surface area (Å²) in [4.78, 5) is 0. The summed E-state index contributed by atoms with van der Waals surface area (Å²) < 4.78 is 6.55. The number of hydrogen-bond acceptors (Lipinski definition) is 3. The molecule has 1 aromatic rings. The van der Waals surface area contributed by atoms with E-state index in [9.17, 15) is 0 Å². The topological polar surface area (TPSA) is 53.2 Å². The second-order valence-corrected chi connectivity index (χ2v) is 4.33. The maximum atomic E-state index is 7.84. The van der Waals surface area contributed by atoms with E-state index in [0.29, 0.717) is 6.61 Å². The number of ether oxygens (including phenoxy) is 1. The van der Waals surface area contributed by atoms with Gasteiger partial charge in [-0.15, -0.1) is 0 Å². The van der Waals surface area contributed by atoms with Crippen LogP contribution in [-0.4, -0.2) is 18.3 Å². The van der Waals surface area contributed by atoms with Gasteiger partial charge in [-0.2, -0.15) is 5.26 Å². The first-order chi connectivity index (χ1) is 8.77. The Labute approximate surface area is 115 Å². The highest BCUT2D eigenvalue weighted by atomic mass is 79.9. The highest BCUT2D eigenvalue weighted by Gasteiger charge is 2.03. The summed E-state index contributed by atoms with van der Waals surface area (Å²) in [6.45, 7) is 0.648. The van der Waals surface area contributed by atoms with Gasteiger partial charge in [0.15, 0.2) is 0 Å². The van der Waals surface area contributed by atoms with E-state index in [1.807, 2.05) is 42.5 Å². The number of rotatable bonds is 2. The molecule has 0 bridgehead atoms. The molecule has 0 saturated carbocycles. The molecule has 0 amide bonds. The summed E-state index contributed by atoms with van der Waals surface area (Å²) in [6.07, 6.45) is 6.23. The summed E-state index contributed by atoms with van der Waals surface area (Å²) in [5.41, 5.74) is 1.11. The maximum Gasteiger partial charge on any atom is 0.127 e. The Kier molecular flexibility index (Phi) is 6.85. The van der Waals surface area contributed by atoms with E-state index in [1.165, 1.54) is 0 Å². The maximum absolute atomic E-state index is 7.84. The van der Waals surface area contributed by atoms with Gasteiger partial charge in [-0.3, -0.25) is 0 Å². The molecule has 1 aliphatic heterocycles. The number of hydrogen-bond donors (Lipinski definition) is 1. The number of benzene rings is 1. The highest BCUT2D eigenvalue weighted by Crippen LogP contribution is 2.21. The molecule has 18 heavy (non-hydrogen) atoms. The first-order valence-corrected chi connectivity index (χ1v) is 6.30. The van der Waals surface area contributed by atoms with Gasteiger partial charge in [0.2, 0.25) is 0 Å². The molecule has 3 nitrogen and oxygen atoms in total. The van der Waals surface area contributed by atoms with Crippen molar-refractivity contribution in [1.82, 2.24) is 0 Å². The van der Waals surface area contributed by atoms with Crippen molar-refractivity contribution >= 4 is 21.7 Å². The van der Waals surface area contributed by atoms with Crippen molar-refractivity contribution in [2.24, 2.45) is 0 Å². The van der Waals surface area contributed by atoms with Crippen LogP contribution in [0.15, 0.2) is 47.0 Å². The van der Waals surface area contributed by atoms with Crippen LogP contribution in [0, 0.1) is 11.3 Å². The molecule has 4 heteroatoms. The van der Waals surface area contributed by atoms with Crippen molar-refractivity contribution in [1.29, 1.82) is 5.26 Å². The summed E-state index contributed by atoms with van der Waals surface area (Å²) in [5.74, 6) is 0.934. The number of aliphatic hydroxyl groups is 1. The van der Waals surface area contributed by atoms with Crippen molar-refractivity contribution in [2.45, 2.75) is 6.42 Å². The van der Waals surface area contributed by atoms with E-state index < -0.39 is 0 Å². The molecule has 0 aromatic heterocycles. The van der Waals surface area contributed by atoms with Gasteiger partial charge >= 0.3 is 0 Å². The van der Waals surface area contributed by atoms with Crippen LogP contribution in [0.5, 0.6) is 0 Å². The molecule has 0 unspecified atom stereocenters. The van der Waals surface area contributed by atoms with Crippen molar-refractivity contribution < 1.29 is 9.84 Å². The Hall–Kier alpha value is -1.57. The average molecular weight is 308 g/mol. The normalized spacial score (nSPS) is 12.6. The van der Waals surface area contributed by atoms with Crippen LogP contribution in [0.1, 0.15) is 12.0 Å². The molecule has 1 aromatic carbocycles. The largest absolute Gasteiger partial charge is 0.489 e. The molecule has 0 fully saturated rings. The minimum Gasteiger partial charge on any atom is -0.489 e. The average Bonchev–Trinajstić information content (AvgIpc) is 2.41. The van der Waals surface area contributed by atoms with Crippen molar-refractivity contribution in [3.05, 3.63) is 52.5 Å². The lowest BCUT2D eigenvalue weighted by molar-refractivity contribution is 0.304. The fraction of sp³-hybridized carbons (Fsp3) is 0.214. The van der Waals surface area contributed by atoms with E-state index in [4.69, 9.17) is 15.1 Å². The first kappa shape index (κ1) is 14.5. The van der Waals surface area contributed by atoms with Gasteiger partial charge in [0.25, 0.3) is 0 Å². The first-order valence-electron chi connectivity index (χ1n) is 5.51. The third-order valence-corrected chi connectivity index (χ3v) is 2.54. The van der Waals surface area contributed by atoms with E-state index >= 15 is 0 Å². The standard InChI is InChI=1S/C11H9BrO.C3H5NO/c12-10-5-3-4-9(8-10)11-6-1-2-7-13-11;4-2-1-3-5/h1-6,8H,7H2;5H,1,3H2. The van der Waals surface area contributed by atoms with Crippen molar-refractivity contribution in [3.8, 4) is 6.07 Å². The van der Waals surface area contributed by atoms with Gasteiger partial charge < -0.3 is 9.84 Å². The number of nitriles is 1. The molecule has 0 aliphatic carbocycles. The molecular weight excluding hydrogens is 294 g/mol. The predicted octanol–water partition coefficient (Wildman–Crippen LogP) is 3.27. The molecule has 1 N–H and O–H groups in total. The molecule has 1 aliphatic rings. The summed E-state index contributed by atoms with van der Waals surface area (Å²) in [5, 5.41) is 15.5. The van der Waals surface area contributed by atoms with Gasteiger partial charge in [-0.05, 0) is 24.3 Å². The third kappa shape index (κ3) is 5.17. The second-order valence-electron chi connectivity index (χ2n) is 3.41.